The zero-order valence-electron chi connectivity index (χ0n) is 12.9. The number of amides is 1. The molecule has 6 nitrogen and oxygen atoms in total. The van der Waals surface area contributed by atoms with Crippen LogP contribution in [0.1, 0.15) is 24.8 Å². The Hall–Kier alpha value is -2.24. The molecule has 1 aromatic carbocycles. The lowest BCUT2D eigenvalue weighted by Crippen LogP contribution is -2.37. The molecule has 2 aliphatic rings. The minimum absolute atomic E-state index is 0.0260. The Balaban J connectivity index is 1.75. The predicted molar refractivity (Wildman–Crippen MR) is 81.4 cm³/mol. The van der Waals surface area contributed by atoms with Gasteiger partial charge in [0.15, 0.2) is 0 Å². The van der Waals surface area contributed by atoms with Crippen molar-refractivity contribution < 1.29 is 19.1 Å². The summed E-state index contributed by atoms with van der Waals surface area (Å²) < 4.78 is 10.6. The van der Waals surface area contributed by atoms with Gasteiger partial charge in [0.1, 0.15) is 11.5 Å². The first-order valence-electron chi connectivity index (χ1n) is 7.47. The standard InChI is InChI=1S/C16H20N2O4/c1-20-11-5-6-14(21-2)12(9-11)13-10-15(22-17-13)16(19)18-7-3-4-8-18/h5-6,9,15H,3-4,7-8,10H2,1-2H3. The summed E-state index contributed by atoms with van der Waals surface area (Å²) in [7, 11) is 3.22. The summed E-state index contributed by atoms with van der Waals surface area (Å²) in [6.45, 7) is 1.63. The number of hydrogen-bond acceptors (Lipinski definition) is 5. The SMILES string of the molecule is COc1ccc(OC)c(C2=NOC(C(=O)N3CCCC3)C2)c1. The van der Waals surface area contributed by atoms with Crippen molar-refractivity contribution in [2.75, 3.05) is 27.3 Å². The van der Waals surface area contributed by atoms with Gasteiger partial charge in [0, 0.05) is 25.1 Å². The van der Waals surface area contributed by atoms with Crippen LogP contribution in [0, 0.1) is 0 Å². The van der Waals surface area contributed by atoms with Gasteiger partial charge in [-0.25, -0.2) is 0 Å². The van der Waals surface area contributed by atoms with Gasteiger partial charge in [0.05, 0.1) is 19.9 Å². The third-order valence-corrected chi connectivity index (χ3v) is 4.08. The number of nitrogens with zero attached hydrogens (tertiary/aromatic N) is 2. The molecule has 1 fully saturated rings. The number of likely N-dealkylation sites (tertiary alicyclic amines) is 1. The van der Waals surface area contributed by atoms with Gasteiger partial charge in [-0.3, -0.25) is 4.79 Å². The molecule has 0 bridgehead atoms. The van der Waals surface area contributed by atoms with E-state index in [1.807, 2.05) is 23.1 Å². The maximum atomic E-state index is 12.4. The number of carbonyl (C=O) groups is 1. The first-order chi connectivity index (χ1) is 10.7. The molecule has 2 heterocycles. The quantitative estimate of drug-likeness (QED) is 0.851. The molecule has 0 aliphatic carbocycles. The van der Waals surface area contributed by atoms with Gasteiger partial charge < -0.3 is 19.2 Å². The first-order valence-corrected chi connectivity index (χ1v) is 7.47. The molecular weight excluding hydrogens is 284 g/mol. The second-order valence-electron chi connectivity index (χ2n) is 5.43. The molecule has 118 valence electrons. The third kappa shape index (κ3) is 2.73. The highest BCUT2D eigenvalue weighted by atomic mass is 16.6. The van der Waals surface area contributed by atoms with E-state index in [-0.39, 0.29) is 5.91 Å². The van der Waals surface area contributed by atoms with Crippen LogP contribution in [-0.4, -0.2) is 49.9 Å². The molecule has 0 radical (unpaired) electrons. The van der Waals surface area contributed by atoms with Crippen LogP contribution in [0.5, 0.6) is 11.5 Å². The normalized spacial score (nSPS) is 20.5. The number of hydrogen-bond donors (Lipinski definition) is 0. The van der Waals surface area contributed by atoms with Gasteiger partial charge in [0.2, 0.25) is 6.10 Å². The van der Waals surface area contributed by atoms with Crippen molar-refractivity contribution in [1.29, 1.82) is 0 Å². The highest BCUT2D eigenvalue weighted by molar-refractivity contribution is 6.06. The van der Waals surface area contributed by atoms with Crippen LogP contribution in [0.4, 0.5) is 0 Å². The second kappa shape index (κ2) is 6.25. The molecule has 1 unspecified atom stereocenters. The lowest BCUT2D eigenvalue weighted by molar-refractivity contribution is -0.140. The van der Waals surface area contributed by atoms with Crippen molar-refractivity contribution in [1.82, 2.24) is 4.90 Å². The van der Waals surface area contributed by atoms with Crippen molar-refractivity contribution >= 4 is 11.6 Å². The average Bonchev–Trinajstić information content (AvgIpc) is 3.25. The van der Waals surface area contributed by atoms with Crippen LogP contribution in [0.25, 0.3) is 0 Å². The van der Waals surface area contributed by atoms with E-state index in [1.54, 1.807) is 14.2 Å². The Morgan fingerprint density at radius 1 is 1.27 bits per heavy atom. The smallest absolute Gasteiger partial charge is 0.266 e. The van der Waals surface area contributed by atoms with E-state index in [1.165, 1.54) is 0 Å². The second-order valence-corrected chi connectivity index (χ2v) is 5.43. The van der Waals surface area contributed by atoms with Crippen LogP contribution in [-0.2, 0) is 9.63 Å². The number of methoxy groups -OCH3 is 2. The third-order valence-electron chi connectivity index (χ3n) is 4.08. The average molecular weight is 304 g/mol. The maximum absolute atomic E-state index is 12.4. The molecule has 1 aromatic rings. The van der Waals surface area contributed by atoms with E-state index in [9.17, 15) is 4.79 Å². The molecule has 1 saturated heterocycles. The van der Waals surface area contributed by atoms with Crippen molar-refractivity contribution in [2.45, 2.75) is 25.4 Å². The highest BCUT2D eigenvalue weighted by Crippen LogP contribution is 2.29. The monoisotopic (exact) mass is 304 g/mol. The molecule has 0 aromatic heterocycles. The van der Waals surface area contributed by atoms with Gasteiger partial charge in [0.25, 0.3) is 5.91 Å². The number of oxime groups is 1. The number of carbonyl (C=O) groups excluding carboxylic acids is 1. The molecule has 2 aliphatic heterocycles. The molecule has 1 atom stereocenters. The van der Waals surface area contributed by atoms with Crippen LogP contribution >= 0.6 is 0 Å². The Morgan fingerprint density at radius 3 is 2.73 bits per heavy atom. The molecule has 1 amide bonds. The Bertz CT molecular complexity index is 594. The Kier molecular flexibility index (Phi) is 4.18. The van der Waals surface area contributed by atoms with E-state index in [2.05, 4.69) is 5.16 Å². The minimum atomic E-state index is -0.524. The molecule has 6 heteroatoms. The zero-order chi connectivity index (χ0) is 15.5. The summed E-state index contributed by atoms with van der Waals surface area (Å²) in [5.41, 5.74) is 1.52. The number of ether oxygens (including phenoxy) is 2. The number of benzene rings is 1. The Labute approximate surface area is 129 Å². The van der Waals surface area contributed by atoms with Crippen LogP contribution in [0.15, 0.2) is 23.4 Å². The fraction of sp³-hybridized carbons (Fsp3) is 0.500. The Morgan fingerprint density at radius 2 is 2.05 bits per heavy atom. The topological polar surface area (TPSA) is 60.4 Å². The van der Waals surface area contributed by atoms with Gasteiger partial charge in [-0.2, -0.15) is 0 Å². The summed E-state index contributed by atoms with van der Waals surface area (Å²) in [6, 6.07) is 5.50. The van der Waals surface area contributed by atoms with E-state index in [4.69, 9.17) is 14.3 Å². The fourth-order valence-corrected chi connectivity index (χ4v) is 2.85. The van der Waals surface area contributed by atoms with Gasteiger partial charge in [-0.05, 0) is 31.0 Å². The molecule has 3 rings (SSSR count). The summed E-state index contributed by atoms with van der Waals surface area (Å²) in [6.07, 6.45) is 2.06. The van der Waals surface area contributed by atoms with E-state index in [0.29, 0.717) is 23.6 Å². The minimum Gasteiger partial charge on any atom is -0.497 e. The van der Waals surface area contributed by atoms with Crippen molar-refractivity contribution in [3.05, 3.63) is 23.8 Å². The van der Waals surface area contributed by atoms with Crippen LogP contribution < -0.4 is 9.47 Å². The molecule has 22 heavy (non-hydrogen) atoms. The number of rotatable bonds is 4. The molecule has 0 spiro atoms. The molecule has 0 saturated carbocycles. The van der Waals surface area contributed by atoms with E-state index >= 15 is 0 Å². The van der Waals surface area contributed by atoms with Gasteiger partial charge >= 0.3 is 0 Å². The van der Waals surface area contributed by atoms with Crippen LogP contribution in [0.3, 0.4) is 0 Å². The fourth-order valence-electron chi connectivity index (χ4n) is 2.85. The van der Waals surface area contributed by atoms with E-state index < -0.39 is 6.10 Å². The maximum Gasteiger partial charge on any atom is 0.266 e. The van der Waals surface area contributed by atoms with E-state index in [0.717, 1.165) is 31.5 Å². The summed E-state index contributed by atoms with van der Waals surface area (Å²) in [5, 5.41) is 4.10. The first kappa shape index (κ1) is 14.7. The summed E-state index contributed by atoms with van der Waals surface area (Å²) in [4.78, 5) is 19.6. The summed E-state index contributed by atoms with van der Waals surface area (Å²) >= 11 is 0. The highest BCUT2D eigenvalue weighted by Gasteiger charge is 2.34. The predicted octanol–water partition coefficient (Wildman–Crippen LogP) is 1.82. The van der Waals surface area contributed by atoms with Crippen molar-refractivity contribution in [3.8, 4) is 11.5 Å². The lowest BCUT2D eigenvalue weighted by atomic mass is 10.0. The van der Waals surface area contributed by atoms with Crippen molar-refractivity contribution in [2.24, 2.45) is 5.16 Å². The van der Waals surface area contributed by atoms with Gasteiger partial charge in [-0.15, -0.1) is 0 Å². The van der Waals surface area contributed by atoms with Gasteiger partial charge in [-0.1, -0.05) is 5.16 Å². The molecule has 0 N–H and O–H groups in total. The van der Waals surface area contributed by atoms with Crippen LogP contribution in [0.2, 0.25) is 0 Å². The zero-order valence-corrected chi connectivity index (χ0v) is 12.9. The largest absolute Gasteiger partial charge is 0.497 e. The lowest BCUT2D eigenvalue weighted by Gasteiger charge is -2.18. The molecular formula is C16H20N2O4. The van der Waals surface area contributed by atoms with Crippen molar-refractivity contribution in [3.63, 3.8) is 0 Å². The summed E-state index contributed by atoms with van der Waals surface area (Å²) in [5.74, 6) is 1.43.